The lowest BCUT2D eigenvalue weighted by Gasteiger charge is -2.46. The van der Waals surface area contributed by atoms with Crippen molar-refractivity contribution < 1.29 is 19.1 Å². The van der Waals surface area contributed by atoms with Gasteiger partial charge in [-0.05, 0) is 32.8 Å². The Balaban J connectivity index is 2.28. The summed E-state index contributed by atoms with van der Waals surface area (Å²) in [5.74, 6) is -0.722. The molecule has 1 aliphatic heterocycles. The number of rotatable bonds is 3. The van der Waals surface area contributed by atoms with Crippen molar-refractivity contribution in [2.45, 2.75) is 53.6 Å². The van der Waals surface area contributed by atoms with Gasteiger partial charge in [-0.15, -0.1) is 0 Å². The molecule has 26 heavy (non-hydrogen) atoms. The van der Waals surface area contributed by atoms with Gasteiger partial charge >= 0.3 is 5.97 Å². The number of cyclic esters (lactones) is 1. The van der Waals surface area contributed by atoms with Crippen molar-refractivity contribution in [3.05, 3.63) is 36.0 Å². The predicted molar refractivity (Wildman–Crippen MR) is 98.9 cm³/mol. The number of nitrogens with zero attached hydrogens (tertiary/aromatic N) is 1. The molecule has 5 heteroatoms. The van der Waals surface area contributed by atoms with Crippen molar-refractivity contribution >= 4 is 28.6 Å². The standard InChI is InChI=1S/C21H25NO4/c1-6-21(7-2)17(26-19(25)20(4,5)18(21)24)15-12-22(13(3)23)16-11-9-8-10-14(15)16/h8-12,17H,6-7H2,1-5H3/t17-/m1/s1. The van der Waals surface area contributed by atoms with Crippen LogP contribution in [-0.2, 0) is 14.3 Å². The van der Waals surface area contributed by atoms with Crippen LogP contribution in [0.15, 0.2) is 30.5 Å². The summed E-state index contributed by atoms with van der Waals surface area (Å²) in [5, 5.41) is 0.833. The summed E-state index contributed by atoms with van der Waals surface area (Å²) >= 11 is 0. The highest BCUT2D eigenvalue weighted by atomic mass is 16.5. The first kappa shape index (κ1) is 18.4. The first-order valence-electron chi connectivity index (χ1n) is 9.07. The zero-order valence-electron chi connectivity index (χ0n) is 16.0. The first-order valence-corrected chi connectivity index (χ1v) is 9.07. The molecule has 0 amide bonds. The van der Waals surface area contributed by atoms with E-state index in [1.807, 2.05) is 38.1 Å². The fourth-order valence-corrected chi connectivity index (χ4v) is 4.18. The molecular formula is C21H25NO4. The van der Waals surface area contributed by atoms with E-state index in [9.17, 15) is 14.4 Å². The zero-order valence-corrected chi connectivity index (χ0v) is 16.0. The molecule has 1 fully saturated rings. The lowest BCUT2D eigenvalue weighted by Crippen LogP contribution is -2.54. The van der Waals surface area contributed by atoms with Gasteiger partial charge in [-0.25, -0.2) is 0 Å². The summed E-state index contributed by atoms with van der Waals surface area (Å²) in [4.78, 5) is 38.0. The quantitative estimate of drug-likeness (QED) is 0.608. The molecule has 0 spiro atoms. The Kier molecular flexibility index (Phi) is 4.29. The van der Waals surface area contributed by atoms with Gasteiger partial charge in [-0.1, -0.05) is 32.0 Å². The maximum atomic E-state index is 13.3. The number of esters is 1. The molecule has 1 atom stereocenters. The van der Waals surface area contributed by atoms with Gasteiger partial charge in [-0.2, -0.15) is 0 Å². The van der Waals surface area contributed by atoms with E-state index < -0.39 is 22.9 Å². The minimum absolute atomic E-state index is 0.0871. The third-order valence-electron chi connectivity index (χ3n) is 5.88. The second-order valence-electron chi connectivity index (χ2n) is 7.59. The van der Waals surface area contributed by atoms with Gasteiger partial charge in [0, 0.05) is 24.1 Å². The van der Waals surface area contributed by atoms with Crippen LogP contribution in [0.3, 0.4) is 0 Å². The largest absolute Gasteiger partial charge is 0.456 e. The van der Waals surface area contributed by atoms with Crippen LogP contribution in [0.4, 0.5) is 0 Å². The number of Topliss-reactive ketones (excluding diaryl/α,β-unsaturated/α-hetero) is 1. The summed E-state index contributed by atoms with van der Waals surface area (Å²) in [5.41, 5.74) is -0.494. The molecule has 0 bridgehead atoms. The van der Waals surface area contributed by atoms with E-state index in [1.54, 1.807) is 24.6 Å². The highest BCUT2D eigenvalue weighted by Crippen LogP contribution is 2.53. The van der Waals surface area contributed by atoms with Crippen molar-refractivity contribution in [2.24, 2.45) is 10.8 Å². The van der Waals surface area contributed by atoms with Gasteiger partial charge < -0.3 is 4.74 Å². The zero-order chi connectivity index (χ0) is 19.3. The average molecular weight is 355 g/mol. The van der Waals surface area contributed by atoms with Crippen LogP contribution in [0.5, 0.6) is 0 Å². The van der Waals surface area contributed by atoms with Crippen LogP contribution in [0.1, 0.15) is 63.9 Å². The Hall–Kier alpha value is -2.43. The molecule has 0 N–H and O–H groups in total. The number of carbonyl (C=O) groups is 3. The molecular weight excluding hydrogens is 330 g/mol. The van der Waals surface area contributed by atoms with E-state index in [0.29, 0.717) is 12.8 Å². The molecule has 1 aliphatic rings. The maximum Gasteiger partial charge on any atom is 0.319 e. The van der Waals surface area contributed by atoms with E-state index in [4.69, 9.17) is 4.74 Å². The van der Waals surface area contributed by atoms with Crippen LogP contribution in [0, 0.1) is 10.8 Å². The minimum Gasteiger partial charge on any atom is -0.456 e. The topological polar surface area (TPSA) is 65.4 Å². The Morgan fingerprint density at radius 2 is 1.77 bits per heavy atom. The van der Waals surface area contributed by atoms with Crippen LogP contribution >= 0.6 is 0 Å². The Morgan fingerprint density at radius 3 is 2.35 bits per heavy atom. The van der Waals surface area contributed by atoms with Crippen LogP contribution in [-0.4, -0.2) is 22.2 Å². The van der Waals surface area contributed by atoms with Crippen molar-refractivity contribution in [1.29, 1.82) is 0 Å². The molecule has 3 rings (SSSR count). The second-order valence-corrected chi connectivity index (χ2v) is 7.59. The minimum atomic E-state index is -1.17. The number of carbonyl (C=O) groups excluding carboxylic acids is 3. The molecule has 5 nitrogen and oxygen atoms in total. The molecule has 0 radical (unpaired) electrons. The SMILES string of the molecule is CCC1(CC)C(=O)C(C)(C)C(=O)O[C@@H]1c1cn(C(C)=O)c2ccccc12. The van der Waals surface area contributed by atoms with Crippen molar-refractivity contribution in [2.75, 3.05) is 0 Å². The monoisotopic (exact) mass is 355 g/mol. The summed E-state index contributed by atoms with van der Waals surface area (Å²) < 4.78 is 7.43. The molecule has 1 aromatic heterocycles. The summed E-state index contributed by atoms with van der Waals surface area (Å²) in [6.45, 7) is 8.66. The van der Waals surface area contributed by atoms with Gasteiger partial charge in [0.2, 0.25) is 5.91 Å². The summed E-state index contributed by atoms with van der Waals surface area (Å²) in [6, 6.07) is 7.50. The fourth-order valence-electron chi connectivity index (χ4n) is 4.18. The number of benzene rings is 1. The third kappa shape index (κ3) is 2.33. The Labute approximate surface area is 153 Å². The van der Waals surface area contributed by atoms with Crippen LogP contribution < -0.4 is 0 Å². The Morgan fingerprint density at radius 1 is 1.15 bits per heavy atom. The molecule has 0 unspecified atom stereocenters. The highest BCUT2D eigenvalue weighted by Gasteiger charge is 2.59. The van der Waals surface area contributed by atoms with E-state index in [1.165, 1.54) is 6.92 Å². The predicted octanol–water partition coefficient (Wildman–Crippen LogP) is 4.30. The number of hydrogen-bond donors (Lipinski definition) is 0. The summed E-state index contributed by atoms with van der Waals surface area (Å²) in [7, 11) is 0. The number of para-hydroxylation sites is 1. The smallest absolute Gasteiger partial charge is 0.319 e. The van der Waals surface area contributed by atoms with Crippen molar-refractivity contribution in [3.8, 4) is 0 Å². The van der Waals surface area contributed by atoms with Gasteiger partial charge in [0.25, 0.3) is 0 Å². The first-order chi connectivity index (χ1) is 12.2. The molecule has 138 valence electrons. The number of hydrogen-bond acceptors (Lipinski definition) is 4. The molecule has 0 saturated carbocycles. The van der Waals surface area contributed by atoms with E-state index in [0.717, 1.165) is 16.5 Å². The molecule has 0 aliphatic carbocycles. The molecule has 1 saturated heterocycles. The van der Waals surface area contributed by atoms with Crippen LogP contribution in [0.25, 0.3) is 10.9 Å². The van der Waals surface area contributed by atoms with Crippen molar-refractivity contribution in [1.82, 2.24) is 4.57 Å². The second kappa shape index (κ2) is 6.08. The number of fused-ring (bicyclic) bond motifs is 1. The highest BCUT2D eigenvalue weighted by molar-refractivity contribution is 6.08. The van der Waals surface area contributed by atoms with E-state index in [-0.39, 0.29) is 11.7 Å². The van der Waals surface area contributed by atoms with Gasteiger partial charge in [0.15, 0.2) is 5.78 Å². The number of ketones is 1. The molecule has 2 heterocycles. The van der Waals surface area contributed by atoms with Crippen molar-refractivity contribution in [3.63, 3.8) is 0 Å². The number of ether oxygens (including phenoxy) is 1. The third-order valence-corrected chi connectivity index (χ3v) is 5.88. The number of aromatic nitrogens is 1. The molecule has 1 aromatic carbocycles. The van der Waals surface area contributed by atoms with Gasteiger partial charge in [-0.3, -0.25) is 19.0 Å². The average Bonchev–Trinajstić information content (AvgIpc) is 3.00. The van der Waals surface area contributed by atoms with E-state index >= 15 is 0 Å². The fraction of sp³-hybridized carbons (Fsp3) is 0.476. The summed E-state index contributed by atoms with van der Waals surface area (Å²) in [6.07, 6.45) is 2.14. The van der Waals surface area contributed by atoms with Gasteiger partial charge in [0.05, 0.1) is 10.9 Å². The van der Waals surface area contributed by atoms with E-state index in [2.05, 4.69) is 0 Å². The lowest BCUT2D eigenvalue weighted by atomic mass is 9.62. The maximum absolute atomic E-state index is 13.3. The van der Waals surface area contributed by atoms with Crippen LogP contribution in [0.2, 0.25) is 0 Å². The van der Waals surface area contributed by atoms with Gasteiger partial charge in [0.1, 0.15) is 11.5 Å². The molecule has 2 aromatic rings. The lowest BCUT2D eigenvalue weighted by molar-refractivity contribution is -0.190. The normalized spacial score (nSPS) is 21.7. The Bertz CT molecular complexity index is 902.